The van der Waals surface area contributed by atoms with Crippen LogP contribution in [0, 0.1) is 17.6 Å². The Balaban J connectivity index is 2.07. The Labute approximate surface area is 179 Å². The van der Waals surface area contributed by atoms with E-state index in [4.69, 9.17) is 14.2 Å². The van der Waals surface area contributed by atoms with Gasteiger partial charge >= 0.3 is 6.09 Å². The van der Waals surface area contributed by atoms with E-state index >= 15 is 0 Å². The van der Waals surface area contributed by atoms with E-state index in [1.807, 2.05) is 0 Å². The summed E-state index contributed by atoms with van der Waals surface area (Å²) >= 11 is 0. The minimum Gasteiger partial charge on any atom is -0.444 e. The number of hydrogen-bond donors (Lipinski definition) is 1. The van der Waals surface area contributed by atoms with Crippen LogP contribution >= 0.6 is 0 Å². The molecule has 0 saturated carbocycles. The van der Waals surface area contributed by atoms with E-state index in [0.717, 1.165) is 12.1 Å². The quantitative estimate of drug-likeness (QED) is 0.782. The van der Waals surface area contributed by atoms with Crippen LogP contribution in [0.2, 0.25) is 0 Å². The number of guanidine groups is 1. The minimum absolute atomic E-state index is 0.0136. The lowest BCUT2D eigenvalue weighted by Crippen LogP contribution is -2.61. The molecule has 0 radical (unpaired) electrons. The maximum absolute atomic E-state index is 14.9. The molecular weight excluding hydrogens is 412 g/mol. The van der Waals surface area contributed by atoms with Crippen molar-refractivity contribution in [2.75, 3.05) is 27.4 Å². The number of carbonyl (C=O) groups is 2. The van der Waals surface area contributed by atoms with Crippen LogP contribution in [-0.2, 0) is 24.5 Å². The van der Waals surface area contributed by atoms with Crippen molar-refractivity contribution in [2.45, 2.75) is 44.4 Å². The molecule has 2 aliphatic heterocycles. The van der Waals surface area contributed by atoms with Crippen molar-refractivity contribution >= 4 is 18.0 Å². The molecule has 1 aromatic carbocycles. The van der Waals surface area contributed by atoms with Crippen LogP contribution < -0.4 is 5.32 Å². The highest BCUT2D eigenvalue weighted by atomic mass is 19.1. The molecule has 1 aromatic rings. The SMILES string of the molecule is COC[C@H]1C[C@H]2C(=O)N(C)C(NC(=O)OC(C)(C)C)=N[C@@]2(c2ccc(F)cc2F)CO1. The highest BCUT2D eigenvalue weighted by Gasteiger charge is 2.55. The lowest BCUT2D eigenvalue weighted by atomic mass is 9.72. The molecule has 0 bridgehead atoms. The molecule has 1 N–H and O–H groups in total. The molecule has 2 heterocycles. The van der Waals surface area contributed by atoms with Crippen molar-refractivity contribution in [2.24, 2.45) is 10.9 Å². The fourth-order valence-corrected chi connectivity index (χ4v) is 3.86. The molecule has 2 amide bonds. The number of halogens is 2. The Kier molecular flexibility index (Phi) is 6.33. The van der Waals surface area contributed by atoms with Gasteiger partial charge in [-0.15, -0.1) is 0 Å². The number of rotatable bonds is 3. The predicted octanol–water partition coefficient (Wildman–Crippen LogP) is 2.56. The lowest BCUT2D eigenvalue weighted by molar-refractivity contribution is -0.148. The van der Waals surface area contributed by atoms with Crippen molar-refractivity contribution < 1.29 is 32.6 Å². The number of benzene rings is 1. The van der Waals surface area contributed by atoms with Crippen LogP contribution in [-0.4, -0.2) is 61.9 Å². The summed E-state index contributed by atoms with van der Waals surface area (Å²) in [7, 11) is 2.98. The van der Waals surface area contributed by atoms with Gasteiger partial charge in [-0.1, -0.05) is 6.07 Å². The number of aliphatic imine (C=N–C) groups is 1. The summed E-state index contributed by atoms with van der Waals surface area (Å²) in [6, 6.07) is 3.09. The van der Waals surface area contributed by atoms with Gasteiger partial charge in [-0.25, -0.2) is 18.6 Å². The van der Waals surface area contributed by atoms with E-state index < -0.39 is 34.8 Å². The van der Waals surface area contributed by atoms with E-state index in [9.17, 15) is 18.4 Å². The van der Waals surface area contributed by atoms with Crippen LogP contribution in [0.25, 0.3) is 0 Å². The first-order chi connectivity index (χ1) is 14.5. The van der Waals surface area contributed by atoms with Crippen molar-refractivity contribution in [3.63, 3.8) is 0 Å². The summed E-state index contributed by atoms with van der Waals surface area (Å²) < 4.78 is 44.7. The Morgan fingerprint density at radius 2 is 2.10 bits per heavy atom. The minimum atomic E-state index is -1.48. The van der Waals surface area contributed by atoms with Gasteiger partial charge in [0, 0.05) is 25.8 Å². The number of carbonyl (C=O) groups excluding carboxylic acids is 2. The summed E-state index contributed by atoms with van der Waals surface area (Å²) in [5, 5.41) is 2.47. The number of alkyl carbamates (subject to hydrolysis) is 1. The van der Waals surface area contributed by atoms with Gasteiger partial charge in [-0.2, -0.15) is 0 Å². The molecule has 1 fully saturated rings. The lowest BCUT2D eigenvalue weighted by Gasteiger charge is -2.47. The summed E-state index contributed by atoms with van der Waals surface area (Å²) in [6.07, 6.45) is -0.982. The summed E-state index contributed by atoms with van der Waals surface area (Å²) in [5.41, 5.74) is -2.23. The first kappa shape index (κ1) is 23.1. The van der Waals surface area contributed by atoms with Crippen molar-refractivity contribution in [1.82, 2.24) is 10.2 Å². The second-order valence-electron chi connectivity index (χ2n) is 8.68. The number of nitrogens with one attached hydrogen (secondary N) is 1. The first-order valence-electron chi connectivity index (χ1n) is 9.90. The molecule has 0 aliphatic carbocycles. The van der Waals surface area contributed by atoms with E-state index in [1.54, 1.807) is 20.8 Å². The number of methoxy groups -OCH3 is 1. The molecule has 170 valence electrons. The van der Waals surface area contributed by atoms with Gasteiger partial charge in [0.15, 0.2) is 0 Å². The summed E-state index contributed by atoms with van der Waals surface area (Å²) in [4.78, 5) is 31.4. The predicted molar refractivity (Wildman–Crippen MR) is 107 cm³/mol. The molecule has 10 heteroatoms. The Hall–Kier alpha value is -2.59. The zero-order valence-corrected chi connectivity index (χ0v) is 18.2. The number of amides is 2. The molecule has 1 saturated heterocycles. The molecule has 3 atom stereocenters. The zero-order chi connectivity index (χ0) is 23.0. The normalized spacial score (nSPS) is 26.2. The van der Waals surface area contributed by atoms with Crippen LogP contribution in [0.3, 0.4) is 0 Å². The van der Waals surface area contributed by atoms with Crippen molar-refractivity contribution in [3.8, 4) is 0 Å². The van der Waals surface area contributed by atoms with Gasteiger partial charge in [0.1, 0.15) is 22.8 Å². The standard InChI is InChI=1S/C21H27F2N3O5/c1-20(2,3)31-19(28)24-18-25-21(14-7-6-12(22)8-16(14)23)11-30-13(10-29-5)9-15(21)17(27)26(18)4/h6-8,13,15H,9-11H2,1-5H3,(H,24,25,28)/t13-,15+,21-/m1/s1. The van der Waals surface area contributed by atoms with Crippen LogP contribution in [0.1, 0.15) is 32.8 Å². The van der Waals surface area contributed by atoms with Gasteiger partial charge in [-0.3, -0.25) is 15.0 Å². The molecule has 2 aliphatic rings. The van der Waals surface area contributed by atoms with E-state index in [-0.39, 0.29) is 43.2 Å². The number of ether oxygens (including phenoxy) is 3. The van der Waals surface area contributed by atoms with Crippen molar-refractivity contribution in [3.05, 3.63) is 35.4 Å². The molecular formula is C21H27F2N3O5. The van der Waals surface area contributed by atoms with Gasteiger partial charge in [0.25, 0.3) is 0 Å². The maximum Gasteiger partial charge on any atom is 0.414 e. The summed E-state index contributed by atoms with van der Waals surface area (Å²) in [6.45, 7) is 5.19. The highest BCUT2D eigenvalue weighted by Crippen LogP contribution is 2.45. The smallest absolute Gasteiger partial charge is 0.414 e. The van der Waals surface area contributed by atoms with Crippen LogP contribution in [0.4, 0.5) is 13.6 Å². The molecule has 8 nitrogen and oxygen atoms in total. The molecule has 31 heavy (non-hydrogen) atoms. The Morgan fingerprint density at radius 1 is 1.39 bits per heavy atom. The Morgan fingerprint density at radius 3 is 2.71 bits per heavy atom. The van der Waals surface area contributed by atoms with Gasteiger partial charge < -0.3 is 14.2 Å². The average molecular weight is 439 g/mol. The third-order valence-corrected chi connectivity index (χ3v) is 5.23. The monoisotopic (exact) mass is 439 g/mol. The largest absolute Gasteiger partial charge is 0.444 e. The fraction of sp³-hybridized carbons (Fsp3) is 0.571. The Bertz CT molecular complexity index is 901. The van der Waals surface area contributed by atoms with E-state index in [2.05, 4.69) is 10.3 Å². The number of fused-ring (bicyclic) bond motifs is 1. The fourth-order valence-electron chi connectivity index (χ4n) is 3.86. The van der Waals surface area contributed by atoms with Gasteiger partial charge in [0.05, 0.1) is 25.2 Å². The topological polar surface area (TPSA) is 89.5 Å². The third kappa shape index (κ3) is 4.69. The summed E-state index contributed by atoms with van der Waals surface area (Å²) in [5.74, 6) is -2.88. The third-order valence-electron chi connectivity index (χ3n) is 5.23. The van der Waals surface area contributed by atoms with Crippen LogP contribution in [0.5, 0.6) is 0 Å². The maximum atomic E-state index is 14.9. The van der Waals surface area contributed by atoms with E-state index in [0.29, 0.717) is 0 Å². The molecule has 0 aromatic heterocycles. The zero-order valence-electron chi connectivity index (χ0n) is 18.2. The second-order valence-corrected chi connectivity index (χ2v) is 8.68. The van der Waals surface area contributed by atoms with Gasteiger partial charge in [0.2, 0.25) is 11.9 Å². The first-order valence-corrected chi connectivity index (χ1v) is 9.90. The second kappa shape index (κ2) is 8.51. The molecule has 3 rings (SSSR count). The van der Waals surface area contributed by atoms with Crippen molar-refractivity contribution in [1.29, 1.82) is 0 Å². The van der Waals surface area contributed by atoms with E-state index in [1.165, 1.54) is 25.1 Å². The average Bonchev–Trinajstić information content (AvgIpc) is 2.65. The molecule has 0 unspecified atom stereocenters. The highest BCUT2D eigenvalue weighted by molar-refractivity contribution is 6.05. The van der Waals surface area contributed by atoms with Crippen LogP contribution in [0.15, 0.2) is 23.2 Å². The number of nitrogens with zero attached hydrogens (tertiary/aromatic N) is 2. The number of hydrogen-bond acceptors (Lipinski definition) is 6. The van der Waals surface area contributed by atoms with Gasteiger partial charge in [-0.05, 0) is 33.3 Å². The molecule has 0 spiro atoms.